The first-order valence-corrected chi connectivity index (χ1v) is 11.7. The number of ether oxygens (including phenoxy) is 2. The topological polar surface area (TPSA) is 69.7 Å². The molecule has 0 fully saturated rings. The van der Waals surface area contributed by atoms with Crippen LogP contribution in [0.15, 0.2) is 91.5 Å². The standard InChI is InChI=1S/C31H30O5/c1-5-30(33)35-20-25-10-16-29(22(4)18-25)36-31(34)17-11-23-6-12-26(13-7-23)27-14-8-24(9-15-27)19-28(32)21(2)3/h5-10,12-16,18H,1-2,11,17,19-20H2,3-4H3. The van der Waals surface area contributed by atoms with Gasteiger partial charge in [-0.1, -0.05) is 67.8 Å². The summed E-state index contributed by atoms with van der Waals surface area (Å²) in [6.45, 7) is 10.8. The summed E-state index contributed by atoms with van der Waals surface area (Å²) >= 11 is 0. The van der Waals surface area contributed by atoms with E-state index in [-0.39, 0.29) is 24.8 Å². The van der Waals surface area contributed by atoms with Crippen LogP contribution in [0.2, 0.25) is 0 Å². The van der Waals surface area contributed by atoms with Crippen molar-refractivity contribution in [2.75, 3.05) is 0 Å². The van der Waals surface area contributed by atoms with Crippen LogP contribution >= 0.6 is 0 Å². The lowest BCUT2D eigenvalue weighted by molar-refractivity contribution is -0.139. The Hall–Kier alpha value is -4.25. The lowest BCUT2D eigenvalue weighted by Crippen LogP contribution is -2.10. The Bertz CT molecular complexity index is 1270. The third-order valence-electron chi connectivity index (χ3n) is 5.71. The summed E-state index contributed by atoms with van der Waals surface area (Å²) in [5.74, 6) is -0.263. The highest BCUT2D eigenvalue weighted by Gasteiger charge is 2.10. The number of Topliss-reactive ketones (excluding diaryl/α,β-unsaturated/α-hetero) is 1. The molecule has 0 saturated heterocycles. The predicted octanol–water partition coefficient (Wildman–Crippen LogP) is 6.12. The van der Waals surface area contributed by atoms with Crippen molar-refractivity contribution in [3.63, 3.8) is 0 Å². The first-order chi connectivity index (χ1) is 17.2. The van der Waals surface area contributed by atoms with E-state index in [0.717, 1.165) is 39.5 Å². The summed E-state index contributed by atoms with van der Waals surface area (Å²) in [4.78, 5) is 35.4. The van der Waals surface area contributed by atoms with Gasteiger partial charge in [0.2, 0.25) is 0 Å². The highest BCUT2D eigenvalue weighted by atomic mass is 16.5. The number of esters is 2. The first-order valence-electron chi connectivity index (χ1n) is 11.7. The number of rotatable bonds is 11. The average molecular weight is 483 g/mol. The summed E-state index contributed by atoms with van der Waals surface area (Å²) in [6, 6.07) is 21.3. The molecule has 0 aromatic heterocycles. The van der Waals surface area contributed by atoms with E-state index in [0.29, 0.717) is 24.2 Å². The van der Waals surface area contributed by atoms with Gasteiger partial charge in [-0.2, -0.15) is 0 Å². The predicted molar refractivity (Wildman–Crippen MR) is 141 cm³/mol. The Kier molecular flexibility index (Phi) is 9.12. The third-order valence-corrected chi connectivity index (χ3v) is 5.71. The molecular formula is C31H30O5. The zero-order chi connectivity index (χ0) is 26.1. The second-order valence-corrected chi connectivity index (χ2v) is 8.66. The molecule has 0 saturated carbocycles. The number of carbonyl (C=O) groups is 3. The van der Waals surface area contributed by atoms with Crippen LogP contribution in [0.5, 0.6) is 5.75 Å². The normalized spacial score (nSPS) is 10.4. The molecule has 0 heterocycles. The molecule has 36 heavy (non-hydrogen) atoms. The van der Waals surface area contributed by atoms with Crippen LogP contribution in [0.1, 0.15) is 35.6 Å². The highest BCUT2D eigenvalue weighted by molar-refractivity contribution is 5.95. The van der Waals surface area contributed by atoms with Crippen LogP contribution in [0.3, 0.4) is 0 Å². The van der Waals surface area contributed by atoms with E-state index in [9.17, 15) is 14.4 Å². The van der Waals surface area contributed by atoms with Gasteiger partial charge in [0.15, 0.2) is 5.78 Å². The van der Waals surface area contributed by atoms with Crippen LogP contribution in [0.4, 0.5) is 0 Å². The van der Waals surface area contributed by atoms with Crippen LogP contribution in [0, 0.1) is 6.92 Å². The molecule has 3 aromatic rings. The Morgan fingerprint density at radius 3 is 2.00 bits per heavy atom. The van der Waals surface area contributed by atoms with Gasteiger partial charge in [-0.25, -0.2) is 4.79 Å². The van der Waals surface area contributed by atoms with E-state index in [4.69, 9.17) is 9.47 Å². The molecule has 0 aliphatic heterocycles. The molecule has 0 bridgehead atoms. The van der Waals surface area contributed by atoms with Crippen molar-refractivity contribution in [2.45, 2.75) is 39.7 Å². The zero-order valence-electron chi connectivity index (χ0n) is 20.7. The van der Waals surface area contributed by atoms with Gasteiger partial charge in [0.1, 0.15) is 12.4 Å². The first kappa shape index (κ1) is 26.4. The van der Waals surface area contributed by atoms with Gasteiger partial charge in [0.05, 0.1) is 0 Å². The van der Waals surface area contributed by atoms with Gasteiger partial charge in [-0.15, -0.1) is 0 Å². The molecule has 5 heteroatoms. The fourth-order valence-electron chi connectivity index (χ4n) is 3.56. The number of hydrogen-bond donors (Lipinski definition) is 0. The van der Waals surface area contributed by atoms with Crippen molar-refractivity contribution in [3.05, 3.63) is 114 Å². The van der Waals surface area contributed by atoms with E-state index in [1.807, 2.05) is 61.5 Å². The molecule has 0 radical (unpaired) electrons. The molecule has 0 N–H and O–H groups in total. The fraction of sp³-hybridized carbons (Fsp3) is 0.194. The fourth-order valence-corrected chi connectivity index (χ4v) is 3.56. The molecule has 0 aliphatic carbocycles. The zero-order valence-corrected chi connectivity index (χ0v) is 20.7. The smallest absolute Gasteiger partial charge is 0.330 e. The molecular weight excluding hydrogens is 452 g/mol. The van der Waals surface area contributed by atoms with Gasteiger partial charge in [0.25, 0.3) is 0 Å². The van der Waals surface area contributed by atoms with E-state index in [1.54, 1.807) is 19.1 Å². The van der Waals surface area contributed by atoms with Gasteiger partial charge in [-0.3, -0.25) is 9.59 Å². The van der Waals surface area contributed by atoms with Crippen LogP contribution in [0.25, 0.3) is 11.1 Å². The van der Waals surface area contributed by atoms with E-state index in [2.05, 4.69) is 13.2 Å². The quantitative estimate of drug-likeness (QED) is 0.187. The maximum absolute atomic E-state index is 12.4. The summed E-state index contributed by atoms with van der Waals surface area (Å²) in [5.41, 5.74) is 6.28. The van der Waals surface area contributed by atoms with Crippen molar-refractivity contribution in [1.29, 1.82) is 0 Å². The minimum absolute atomic E-state index is 0.0457. The van der Waals surface area contributed by atoms with Crippen molar-refractivity contribution in [3.8, 4) is 16.9 Å². The summed E-state index contributed by atoms with van der Waals surface area (Å²) < 4.78 is 10.5. The van der Waals surface area contributed by atoms with Crippen molar-refractivity contribution in [2.24, 2.45) is 0 Å². The lowest BCUT2D eigenvalue weighted by Gasteiger charge is -2.10. The maximum Gasteiger partial charge on any atom is 0.330 e. The van der Waals surface area contributed by atoms with Gasteiger partial charge < -0.3 is 9.47 Å². The monoisotopic (exact) mass is 482 g/mol. The second kappa shape index (κ2) is 12.5. The number of aryl methyl sites for hydroxylation is 2. The van der Waals surface area contributed by atoms with Crippen molar-refractivity contribution < 1.29 is 23.9 Å². The molecule has 0 unspecified atom stereocenters. The van der Waals surface area contributed by atoms with Gasteiger partial charge in [-0.05, 0) is 71.4 Å². The summed E-state index contributed by atoms with van der Waals surface area (Å²) in [6.07, 6.45) is 2.29. The SMILES string of the molecule is C=CC(=O)OCc1ccc(OC(=O)CCc2ccc(-c3ccc(CC(=O)C(=C)C)cc3)cc2)c(C)c1. The molecule has 184 valence electrons. The Balaban J connectivity index is 1.51. The summed E-state index contributed by atoms with van der Waals surface area (Å²) in [7, 11) is 0. The van der Waals surface area contributed by atoms with Crippen LogP contribution in [-0.2, 0) is 38.6 Å². The van der Waals surface area contributed by atoms with Gasteiger partial charge in [0, 0.05) is 18.9 Å². The van der Waals surface area contributed by atoms with Crippen LogP contribution in [-0.4, -0.2) is 17.7 Å². The third kappa shape index (κ3) is 7.64. The van der Waals surface area contributed by atoms with E-state index < -0.39 is 5.97 Å². The molecule has 3 aromatic carbocycles. The minimum Gasteiger partial charge on any atom is -0.458 e. The maximum atomic E-state index is 12.4. The van der Waals surface area contributed by atoms with Crippen molar-refractivity contribution in [1.82, 2.24) is 0 Å². The average Bonchev–Trinajstić information content (AvgIpc) is 2.88. The molecule has 5 nitrogen and oxygen atoms in total. The number of hydrogen-bond acceptors (Lipinski definition) is 5. The minimum atomic E-state index is -0.485. The second-order valence-electron chi connectivity index (χ2n) is 8.66. The Morgan fingerprint density at radius 1 is 0.861 bits per heavy atom. The summed E-state index contributed by atoms with van der Waals surface area (Å²) in [5, 5.41) is 0. The highest BCUT2D eigenvalue weighted by Crippen LogP contribution is 2.23. The largest absolute Gasteiger partial charge is 0.458 e. The molecule has 0 atom stereocenters. The van der Waals surface area contributed by atoms with Crippen LogP contribution < -0.4 is 4.74 Å². The Labute approximate surface area is 212 Å². The van der Waals surface area contributed by atoms with Crippen molar-refractivity contribution >= 4 is 17.7 Å². The van der Waals surface area contributed by atoms with Gasteiger partial charge >= 0.3 is 11.9 Å². The molecule has 0 aliphatic rings. The number of ketones is 1. The number of carbonyl (C=O) groups excluding carboxylic acids is 3. The molecule has 0 amide bonds. The Morgan fingerprint density at radius 2 is 1.44 bits per heavy atom. The number of benzene rings is 3. The molecule has 0 spiro atoms. The van der Waals surface area contributed by atoms with E-state index >= 15 is 0 Å². The number of allylic oxidation sites excluding steroid dienone is 1. The lowest BCUT2D eigenvalue weighted by atomic mass is 9.99. The molecule has 3 rings (SSSR count). The van der Waals surface area contributed by atoms with E-state index in [1.165, 1.54) is 0 Å².